The Hall–Kier alpha value is -1.88. The fourth-order valence-electron chi connectivity index (χ4n) is 3.51. The molecule has 1 fully saturated rings. The summed E-state index contributed by atoms with van der Waals surface area (Å²) >= 11 is 0. The van der Waals surface area contributed by atoms with Crippen LogP contribution in [0.1, 0.15) is 45.1 Å². The number of carboxylic acids is 1. The molecule has 1 aromatic rings. The molecule has 5 heteroatoms. The first-order valence-corrected chi connectivity index (χ1v) is 9.08. The fourth-order valence-corrected chi connectivity index (χ4v) is 3.51. The molecule has 1 saturated heterocycles. The Morgan fingerprint density at radius 2 is 1.96 bits per heavy atom. The molecule has 2 N–H and O–H groups in total. The van der Waals surface area contributed by atoms with Crippen molar-refractivity contribution in [1.82, 2.24) is 4.90 Å². The minimum absolute atomic E-state index is 0.0124. The van der Waals surface area contributed by atoms with Gasteiger partial charge in [-0.1, -0.05) is 50.6 Å². The molecule has 0 aromatic heterocycles. The number of likely N-dealkylation sites (tertiary alicyclic amines) is 1. The number of hydrogen-bond donors (Lipinski definition) is 2. The number of amides is 1. The molecule has 0 bridgehead atoms. The van der Waals surface area contributed by atoms with Gasteiger partial charge in [-0.05, 0) is 30.7 Å². The van der Waals surface area contributed by atoms with Crippen LogP contribution < -0.4 is 0 Å². The largest absolute Gasteiger partial charge is 0.481 e. The number of aliphatic carboxylic acids is 1. The zero-order chi connectivity index (χ0) is 18.4. The van der Waals surface area contributed by atoms with E-state index in [1.54, 1.807) is 4.90 Å². The van der Waals surface area contributed by atoms with Crippen LogP contribution >= 0.6 is 0 Å². The topological polar surface area (TPSA) is 77.8 Å². The summed E-state index contributed by atoms with van der Waals surface area (Å²) in [6, 6.07) is 9.36. The number of rotatable bonds is 7. The quantitative estimate of drug-likeness (QED) is 0.795. The van der Waals surface area contributed by atoms with Crippen molar-refractivity contribution < 1.29 is 19.8 Å². The molecule has 1 aliphatic rings. The number of nitrogens with zero attached hydrogens (tertiary/aromatic N) is 1. The van der Waals surface area contributed by atoms with Crippen molar-refractivity contribution in [2.45, 2.75) is 52.1 Å². The highest BCUT2D eigenvalue weighted by Crippen LogP contribution is 2.36. The average molecular weight is 347 g/mol. The third kappa shape index (κ3) is 4.82. The second-order valence-electron chi connectivity index (χ2n) is 7.52. The Labute approximate surface area is 149 Å². The lowest BCUT2D eigenvalue weighted by atomic mass is 9.71. The molecular weight excluding hydrogens is 318 g/mol. The maximum absolute atomic E-state index is 12.3. The normalized spacial score (nSPS) is 23.7. The van der Waals surface area contributed by atoms with Gasteiger partial charge in [0, 0.05) is 19.5 Å². The van der Waals surface area contributed by atoms with Gasteiger partial charge in [-0.15, -0.1) is 0 Å². The number of carbonyl (C=O) groups excluding carboxylic acids is 1. The van der Waals surface area contributed by atoms with Gasteiger partial charge < -0.3 is 15.1 Å². The van der Waals surface area contributed by atoms with E-state index in [0.717, 1.165) is 18.4 Å². The van der Waals surface area contributed by atoms with E-state index in [0.29, 0.717) is 18.9 Å². The first-order chi connectivity index (χ1) is 11.8. The summed E-state index contributed by atoms with van der Waals surface area (Å²) in [7, 11) is 0. The highest BCUT2D eigenvalue weighted by molar-refractivity contribution is 5.79. The van der Waals surface area contributed by atoms with Crippen LogP contribution in [0.15, 0.2) is 30.3 Å². The van der Waals surface area contributed by atoms with Gasteiger partial charge in [0.1, 0.15) is 5.41 Å². The van der Waals surface area contributed by atoms with Crippen molar-refractivity contribution in [3.8, 4) is 0 Å². The molecule has 1 aromatic carbocycles. The molecule has 0 unspecified atom stereocenters. The van der Waals surface area contributed by atoms with Crippen molar-refractivity contribution in [3.63, 3.8) is 0 Å². The monoisotopic (exact) mass is 347 g/mol. The Balaban J connectivity index is 2.02. The van der Waals surface area contributed by atoms with E-state index in [2.05, 4.69) is 13.8 Å². The van der Waals surface area contributed by atoms with Crippen LogP contribution in [0.3, 0.4) is 0 Å². The number of carboxylic acid groups (broad SMARTS) is 1. The van der Waals surface area contributed by atoms with E-state index in [1.165, 1.54) is 0 Å². The number of aliphatic hydroxyl groups excluding tert-OH is 1. The number of carbonyl (C=O) groups is 2. The van der Waals surface area contributed by atoms with Crippen LogP contribution in [0.25, 0.3) is 0 Å². The second-order valence-corrected chi connectivity index (χ2v) is 7.52. The van der Waals surface area contributed by atoms with Gasteiger partial charge in [0.25, 0.3) is 0 Å². The van der Waals surface area contributed by atoms with E-state index >= 15 is 0 Å². The molecule has 2 atom stereocenters. The van der Waals surface area contributed by atoms with Gasteiger partial charge in [-0.2, -0.15) is 0 Å². The van der Waals surface area contributed by atoms with Crippen molar-refractivity contribution in [3.05, 3.63) is 35.9 Å². The minimum Gasteiger partial charge on any atom is -0.481 e. The van der Waals surface area contributed by atoms with Crippen LogP contribution in [0.5, 0.6) is 0 Å². The van der Waals surface area contributed by atoms with E-state index in [1.807, 2.05) is 30.3 Å². The first kappa shape index (κ1) is 19.4. The summed E-state index contributed by atoms with van der Waals surface area (Å²) in [6.07, 6.45) is 1.78. The number of piperidine rings is 1. The third-order valence-electron chi connectivity index (χ3n) is 5.17. The van der Waals surface area contributed by atoms with Gasteiger partial charge in [-0.25, -0.2) is 0 Å². The van der Waals surface area contributed by atoms with E-state index < -0.39 is 17.5 Å². The Bertz CT molecular complexity index is 587. The van der Waals surface area contributed by atoms with Crippen molar-refractivity contribution in [2.75, 3.05) is 13.1 Å². The predicted molar refractivity (Wildman–Crippen MR) is 96.1 cm³/mol. The molecular formula is C20H29NO4. The molecule has 25 heavy (non-hydrogen) atoms. The van der Waals surface area contributed by atoms with Gasteiger partial charge in [0.05, 0.1) is 6.10 Å². The molecule has 5 nitrogen and oxygen atoms in total. The molecule has 2 rings (SSSR count). The fraction of sp³-hybridized carbons (Fsp3) is 0.600. The molecule has 0 saturated carbocycles. The molecule has 0 radical (unpaired) electrons. The number of benzene rings is 1. The summed E-state index contributed by atoms with van der Waals surface area (Å²) in [5, 5.41) is 20.4. The smallest absolute Gasteiger partial charge is 0.312 e. The molecule has 0 aliphatic carbocycles. The lowest BCUT2D eigenvalue weighted by Crippen LogP contribution is -2.57. The SMILES string of the molecule is CC(C)CCCC(=O)N1CC[C@](Cc2ccccc2)(C(=O)O)[C@@H](O)C1. The van der Waals surface area contributed by atoms with Gasteiger partial charge in [0.15, 0.2) is 0 Å². The average Bonchev–Trinajstić information content (AvgIpc) is 2.57. The highest BCUT2D eigenvalue weighted by atomic mass is 16.4. The standard InChI is InChI=1S/C20H29NO4/c1-15(2)7-6-10-18(23)21-12-11-20(19(24)25,17(22)14-21)13-16-8-4-3-5-9-16/h3-5,8-9,15,17,22H,6-7,10-14H2,1-2H3,(H,24,25)/t17-,20+/m0/s1. The van der Waals surface area contributed by atoms with Crippen molar-refractivity contribution >= 4 is 11.9 Å². The van der Waals surface area contributed by atoms with E-state index in [4.69, 9.17) is 0 Å². The lowest BCUT2D eigenvalue weighted by molar-refractivity contribution is -0.166. The summed E-state index contributed by atoms with van der Waals surface area (Å²) < 4.78 is 0. The second kappa shape index (κ2) is 8.48. The third-order valence-corrected chi connectivity index (χ3v) is 5.17. The number of β-amino-alcohol motifs (C(OH)–C–C–N with tert-alkyl or cyclic N) is 1. The van der Waals surface area contributed by atoms with E-state index in [-0.39, 0.29) is 25.3 Å². The Kier molecular flexibility index (Phi) is 6.59. The Morgan fingerprint density at radius 1 is 1.28 bits per heavy atom. The number of hydrogen-bond acceptors (Lipinski definition) is 3. The molecule has 1 heterocycles. The van der Waals surface area contributed by atoms with E-state index in [9.17, 15) is 19.8 Å². The van der Waals surface area contributed by atoms with Crippen LogP contribution in [0, 0.1) is 11.3 Å². The summed E-state index contributed by atoms with van der Waals surface area (Å²) in [5.41, 5.74) is -0.337. The number of aliphatic hydroxyl groups is 1. The molecule has 138 valence electrons. The van der Waals surface area contributed by atoms with Gasteiger partial charge in [-0.3, -0.25) is 9.59 Å². The predicted octanol–water partition coefficient (Wildman–Crippen LogP) is 2.72. The zero-order valence-electron chi connectivity index (χ0n) is 15.1. The van der Waals surface area contributed by atoms with Gasteiger partial charge in [0.2, 0.25) is 5.91 Å². The molecule has 0 spiro atoms. The van der Waals surface area contributed by atoms with Crippen LogP contribution in [0.4, 0.5) is 0 Å². The van der Waals surface area contributed by atoms with Crippen molar-refractivity contribution in [2.24, 2.45) is 11.3 Å². The van der Waals surface area contributed by atoms with Crippen LogP contribution in [-0.2, 0) is 16.0 Å². The molecule has 1 amide bonds. The lowest BCUT2D eigenvalue weighted by Gasteiger charge is -2.43. The summed E-state index contributed by atoms with van der Waals surface area (Å²) in [4.78, 5) is 25.9. The van der Waals surface area contributed by atoms with Crippen LogP contribution in [-0.4, -0.2) is 46.2 Å². The Morgan fingerprint density at radius 3 is 2.52 bits per heavy atom. The first-order valence-electron chi connectivity index (χ1n) is 9.08. The van der Waals surface area contributed by atoms with Gasteiger partial charge >= 0.3 is 5.97 Å². The highest BCUT2D eigenvalue weighted by Gasteiger charge is 2.49. The minimum atomic E-state index is -1.23. The maximum atomic E-state index is 12.3. The maximum Gasteiger partial charge on any atom is 0.312 e. The van der Waals surface area contributed by atoms with Crippen molar-refractivity contribution in [1.29, 1.82) is 0 Å². The molecule has 1 aliphatic heterocycles. The summed E-state index contributed by atoms with van der Waals surface area (Å²) in [6.45, 7) is 4.73. The summed E-state index contributed by atoms with van der Waals surface area (Å²) in [5.74, 6) is -0.417. The van der Waals surface area contributed by atoms with Crippen LogP contribution in [0.2, 0.25) is 0 Å². The zero-order valence-corrected chi connectivity index (χ0v) is 15.1.